The van der Waals surface area contributed by atoms with Crippen LogP contribution < -0.4 is 5.32 Å². The molecular weight excluding hydrogens is 250 g/mol. The Balaban J connectivity index is 2.17. The maximum Gasteiger partial charge on any atom is 0.255 e. The lowest BCUT2D eigenvalue weighted by Crippen LogP contribution is -2.34. The predicted octanol–water partition coefficient (Wildman–Crippen LogP) is 2.51. The molecule has 19 heavy (non-hydrogen) atoms. The lowest BCUT2D eigenvalue weighted by molar-refractivity contribution is -0.130. The molecule has 0 bridgehead atoms. The van der Waals surface area contributed by atoms with E-state index in [0.717, 1.165) is 5.56 Å². The summed E-state index contributed by atoms with van der Waals surface area (Å²) in [6.07, 6.45) is -2.95. The minimum Gasteiger partial charge on any atom is -0.316 e. The minimum atomic E-state index is -2.51. The van der Waals surface area contributed by atoms with Crippen molar-refractivity contribution in [2.75, 3.05) is 13.1 Å². The molecular formula is C14H18F2N2O. The Morgan fingerprint density at radius 1 is 1.32 bits per heavy atom. The maximum absolute atomic E-state index is 12.5. The summed E-state index contributed by atoms with van der Waals surface area (Å²) < 4.78 is 25.0. The summed E-state index contributed by atoms with van der Waals surface area (Å²) in [7, 11) is 0. The first-order valence-electron chi connectivity index (χ1n) is 6.40. The molecule has 1 saturated heterocycles. The third kappa shape index (κ3) is 3.10. The molecule has 1 aliphatic rings. The van der Waals surface area contributed by atoms with Crippen LogP contribution in [0.1, 0.15) is 37.1 Å². The van der Waals surface area contributed by atoms with E-state index in [2.05, 4.69) is 19.2 Å². The Labute approximate surface area is 111 Å². The van der Waals surface area contributed by atoms with E-state index < -0.39 is 19.1 Å². The number of nitrogens with zero attached hydrogens (tertiary/aromatic N) is 1. The highest BCUT2D eigenvalue weighted by atomic mass is 19.3. The van der Waals surface area contributed by atoms with Crippen LogP contribution in [0, 0.1) is 0 Å². The number of rotatable bonds is 4. The number of hydrogen-bond acceptors (Lipinski definition) is 2. The van der Waals surface area contributed by atoms with Crippen LogP contribution in [-0.2, 0) is 4.79 Å². The predicted molar refractivity (Wildman–Crippen MR) is 69.0 cm³/mol. The first-order valence-corrected chi connectivity index (χ1v) is 6.40. The van der Waals surface area contributed by atoms with Crippen LogP contribution in [0.2, 0.25) is 0 Å². The molecule has 1 aromatic rings. The van der Waals surface area contributed by atoms with E-state index in [-0.39, 0.29) is 12.5 Å². The SMILES string of the molecule is CC(C)c1ccc(C2NCC(=O)N2CC(F)F)cc1. The van der Waals surface area contributed by atoms with Gasteiger partial charge in [0.25, 0.3) is 6.43 Å². The van der Waals surface area contributed by atoms with Gasteiger partial charge in [0.2, 0.25) is 5.91 Å². The van der Waals surface area contributed by atoms with Crippen molar-refractivity contribution < 1.29 is 13.6 Å². The third-order valence-corrected chi connectivity index (χ3v) is 3.33. The van der Waals surface area contributed by atoms with Gasteiger partial charge in [-0.3, -0.25) is 10.1 Å². The number of halogens is 2. The van der Waals surface area contributed by atoms with E-state index in [1.807, 2.05) is 24.3 Å². The van der Waals surface area contributed by atoms with Gasteiger partial charge in [-0.15, -0.1) is 0 Å². The van der Waals surface area contributed by atoms with Gasteiger partial charge in [-0.25, -0.2) is 8.78 Å². The quantitative estimate of drug-likeness (QED) is 0.910. The Morgan fingerprint density at radius 3 is 2.47 bits per heavy atom. The molecule has 3 nitrogen and oxygen atoms in total. The molecule has 1 aromatic carbocycles. The van der Waals surface area contributed by atoms with Gasteiger partial charge in [0, 0.05) is 0 Å². The number of amides is 1. The fraction of sp³-hybridized carbons (Fsp3) is 0.500. The van der Waals surface area contributed by atoms with Crippen LogP contribution >= 0.6 is 0 Å². The molecule has 1 unspecified atom stereocenters. The Hall–Kier alpha value is -1.49. The average Bonchev–Trinajstić information content (AvgIpc) is 2.71. The zero-order valence-electron chi connectivity index (χ0n) is 11.1. The zero-order valence-corrected chi connectivity index (χ0v) is 11.1. The van der Waals surface area contributed by atoms with Gasteiger partial charge in [-0.2, -0.15) is 0 Å². The van der Waals surface area contributed by atoms with Gasteiger partial charge in [0.05, 0.1) is 13.1 Å². The topological polar surface area (TPSA) is 32.3 Å². The van der Waals surface area contributed by atoms with Crippen LogP contribution in [0.15, 0.2) is 24.3 Å². The molecule has 2 rings (SSSR count). The number of nitrogens with one attached hydrogen (secondary N) is 1. The molecule has 0 radical (unpaired) electrons. The lowest BCUT2D eigenvalue weighted by Gasteiger charge is -2.24. The van der Waals surface area contributed by atoms with Gasteiger partial charge in [0.15, 0.2) is 0 Å². The van der Waals surface area contributed by atoms with Crippen LogP contribution in [0.25, 0.3) is 0 Å². The lowest BCUT2D eigenvalue weighted by atomic mass is 10.0. The zero-order chi connectivity index (χ0) is 14.0. The molecule has 104 valence electrons. The molecule has 1 atom stereocenters. The van der Waals surface area contributed by atoms with Crippen molar-refractivity contribution >= 4 is 5.91 Å². The van der Waals surface area contributed by atoms with Crippen molar-refractivity contribution in [3.63, 3.8) is 0 Å². The van der Waals surface area contributed by atoms with E-state index in [0.29, 0.717) is 5.92 Å². The van der Waals surface area contributed by atoms with E-state index >= 15 is 0 Å². The van der Waals surface area contributed by atoms with Crippen molar-refractivity contribution in [1.82, 2.24) is 10.2 Å². The maximum atomic E-state index is 12.5. The summed E-state index contributed by atoms with van der Waals surface area (Å²) >= 11 is 0. The number of carbonyl (C=O) groups is 1. The first kappa shape index (κ1) is 13.9. The molecule has 0 aromatic heterocycles. The van der Waals surface area contributed by atoms with Crippen molar-refractivity contribution in [2.45, 2.75) is 32.4 Å². The third-order valence-electron chi connectivity index (χ3n) is 3.33. The molecule has 1 heterocycles. The van der Waals surface area contributed by atoms with Crippen LogP contribution in [-0.4, -0.2) is 30.3 Å². The highest BCUT2D eigenvalue weighted by molar-refractivity contribution is 5.81. The monoisotopic (exact) mass is 268 g/mol. The normalized spacial score (nSPS) is 19.8. The molecule has 1 aliphatic heterocycles. The summed E-state index contributed by atoms with van der Waals surface area (Å²) in [5, 5.41) is 2.97. The molecule has 5 heteroatoms. The molecule has 0 aliphatic carbocycles. The standard InChI is InChI=1S/C14H18F2N2O/c1-9(2)10-3-5-11(6-4-10)14-17-7-13(19)18(14)8-12(15)16/h3-6,9,12,14,17H,7-8H2,1-2H3. The fourth-order valence-electron chi connectivity index (χ4n) is 2.26. The second kappa shape index (κ2) is 5.65. The molecule has 1 amide bonds. The van der Waals surface area contributed by atoms with Gasteiger partial charge < -0.3 is 4.90 Å². The molecule has 1 fully saturated rings. The smallest absolute Gasteiger partial charge is 0.255 e. The summed E-state index contributed by atoms with van der Waals surface area (Å²) in [4.78, 5) is 12.8. The average molecular weight is 268 g/mol. The second-order valence-electron chi connectivity index (χ2n) is 5.04. The summed E-state index contributed by atoms with van der Waals surface area (Å²) in [6.45, 7) is 3.77. The Morgan fingerprint density at radius 2 is 1.95 bits per heavy atom. The largest absolute Gasteiger partial charge is 0.316 e. The van der Waals surface area contributed by atoms with Gasteiger partial charge in [-0.05, 0) is 17.0 Å². The first-order chi connectivity index (χ1) is 8.99. The summed E-state index contributed by atoms with van der Waals surface area (Å²) in [5.74, 6) is 0.141. The van der Waals surface area contributed by atoms with Crippen molar-refractivity contribution in [1.29, 1.82) is 0 Å². The van der Waals surface area contributed by atoms with E-state index in [1.54, 1.807) is 0 Å². The van der Waals surface area contributed by atoms with Crippen LogP contribution in [0.3, 0.4) is 0 Å². The van der Waals surface area contributed by atoms with Crippen molar-refractivity contribution in [3.05, 3.63) is 35.4 Å². The summed E-state index contributed by atoms with van der Waals surface area (Å²) in [6, 6.07) is 7.74. The van der Waals surface area contributed by atoms with Gasteiger partial charge in [-0.1, -0.05) is 38.1 Å². The number of carbonyl (C=O) groups excluding carboxylic acids is 1. The number of benzene rings is 1. The van der Waals surface area contributed by atoms with E-state index in [1.165, 1.54) is 10.5 Å². The molecule has 0 spiro atoms. The van der Waals surface area contributed by atoms with Gasteiger partial charge in [0.1, 0.15) is 6.17 Å². The number of alkyl halides is 2. The van der Waals surface area contributed by atoms with Crippen LogP contribution in [0.4, 0.5) is 8.78 Å². The van der Waals surface area contributed by atoms with Crippen LogP contribution in [0.5, 0.6) is 0 Å². The van der Waals surface area contributed by atoms with E-state index in [9.17, 15) is 13.6 Å². The van der Waals surface area contributed by atoms with Crippen molar-refractivity contribution in [2.24, 2.45) is 0 Å². The highest BCUT2D eigenvalue weighted by Gasteiger charge is 2.33. The van der Waals surface area contributed by atoms with Gasteiger partial charge >= 0.3 is 0 Å². The molecule has 1 N–H and O–H groups in total. The minimum absolute atomic E-state index is 0.114. The summed E-state index contributed by atoms with van der Waals surface area (Å²) in [5.41, 5.74) is 2.03. The Bertz CT molecular complexity index is 445. The highest BCUT2D eigenvalue weighted by Crippen LogP contribution is 2.25. The fourth-order valence-corrected chi connectivity index (χ4v) is 2.26. The van der Waals surface area contributed by atoms with E-state index in [4.69, 9.17) is 0 Å². The second-order valence-corrected chi connectivity index (χ2v) is 5.04. The Kier molecular flexibility index (Phi) is 4.14. The number of hydrogen-bond donors (Lipinski definition) is 1. The molecule has 0 saturated carbocycles. The van der Waals surface area contributed by atoms with Crippen molar-refractivity contribution in [3.8, 4) is 0 Å².